The van der Waals surface area contributed by atoms with Gasteiger partial charge >= 0.3 is 0 Å². The maximum Gasteiger partial charge on any atom is 0.244 e. The average molecular weight is 293 g/mol. The average Bonchev–Trinajstić information content (AvgIpc) is 3.14. The van der Waals surface area contributed by atoms with Gasteiger partial charge in [0.2, 0.25) is 5.91 Å². The Labute approximate surface area is 124 Å². The van der Waals surface area contributed by atoms with Crippen LogP contribution in [0.15, 0.2) is 6.33 Å². The minimum atomic E-state index is 0.0634. The van der Waals surface area contributed by atoms with Crippen molar-refractivity contribution in [2.75, 3.05) is 13.7 Å². The first-order chi connectivity index (χ1) is 10.2. The quantitative estimate of drug-likeness (QED) is 0.805. The van der Waals surface area contributed by atoms with Crippen molar-refractivity contribution >= 4 is 5.91 Å². The molecule has 2 saturated carbocycles. The molecular formula is C14H23N5O2. The number of tetrazole rings is 1. The van der Waals surface area contributed by atoms with Gasteiger partial charge in [0.25, 0.3) is 0 Å². The second-order valence-electron chi connectivity index (χ2n) is 6.15. The molecule has 2 fully saturated rings. The highest BCUT2D eigenvalue weighted by Crippen LogP contribution is 2.56. The molecule has 0 N–H and O–H groups in total. The highest BCUT2D eigenvalue weighted by Gasteiger charge is 2.58. The summed E-state index contributed by atoms with van der Waals surface area (Å²) in [5, 5.41) is 10.9. The third-order valence-corrected chi connectivity index (χ3v) is 5.19. The SMILES string of the molecule is CCO[C@H]1C[C@H](N(C)C(=O)Cn2cnnn2)C12CCCC2. The van der Waals surface area contributed by atoms with Crippen molar-refractivity contribution in [1.82, 2.24) is 25.1 Å². The Morgan fingerprint density at radius 1 is 1.48 bits per heavy atom. The third-order valence-electron chi connectivity index (χ3n) is 5.19. The van der Waals surface area contributed by atoms with Crippen molar-refractivity contribution in [1.29, 1.82) is 0 Å². The summed E-state index contributed by atoms with van der Waals surface area (Å²) < 4.78 is 7.38. The summed E-state index contributed by atoms with van der Waals surface area (Å²) in [5.41, 5.74) is 0.182. The van der Waals surface area contributed by atoms with E-state index >= 15 is 0 Å². The monoisotopic (exact) mass is 293 g/mol. The van der Waals surface area contributed by atoms with Crippen LogP contribution in [-0.4, -0.2) is 56.8 Å². The second-order valence-corrected chi connectivity index (χ2v) is 6.15. The molecule has 0 aromatic carbocycles. The highest BCUT2D eigenvalue weighted by molar-refractivity contribution is 5.76. The number of ether oxygens (including phenoxy) is 1. The Bertz CT molecular complexity index is 484. The number of likely N-dealkylation sites (N-methyl/N-ethyl adjacent to an activating group) is 1. The van der Waals surface area contributed by atoms with E-state index in [9.17, 15) is 4.79 Å². The van der Waals surface area contributed by atoms with E-state index in [-0.39, 0.29) is 17.9 Å². The van der Waals surface area contributed by atoms with Crippen LogP contribution in [0.1, 0.15) is 39.0 Å². The first-order valence-corrected chi connectivity index (χ1v) is 7.75. The molecule has 1 heterocycles. The molecule has 0 aliphatic heterocycles. The molecule has 0 unspecified atom stereocenters. The number of aromatic nitrogens is 4. The lowest BCUT2D eigenvalue weighted by Crippen LogP contribution is -2.64. The van der Waals surface area contributed by atoms with Gasteiger partial charge in [-0.15, -0.1) is 5.10 Å². The van der Waals surface area contributed by atoms with Crippen LogP contribution in [0, 0.1) is 5.41 Å². The zero-order valence-corrected chi connectivity index (χ0v) is 12.7. The smallest absolute Gasteiger partial charge is 0.244 e. The van der Waals surface area contributed by atoms with E-state index in [0.717, 1.165) is 13.0 Å². The number of carbonyl (C=O) groups is 1. The van der Waals surface area contributed by atoms with Gasteiger partial charge in [-0.25, -0.2) is 4.68 Å². The van der Waals surface area contributed by atoms with Crippen LogP contribution in [0.3, 0.4) is 0 Å². The molecule has 7 nitrogen and oxygen atoms in total. The fourth-order valence-corrected chi connectivity index (χ4v) is 4.07. The van der Waals surface area contributed by atoms with Crippen molar-refractivity contribution in [2.24, 2.45) is 5.41 Å². The van der Waals surface area contributed by atoms with Crippen molar-refractivity contribution in [3.63, 3.8) is 0 Å². The van der Waals surface area contributed by atoms with E-state index in [1.807, 2.05) is 18.9 Å². The van der Waals surface area contributed by atoms with E-state index in [1.165, 1.54) is 36.7 Å². The van der Waals surface area contributed by atoms with Gasteiger partial charge in [0.1, 0.15) is 12.9 Å². The maximum absolute atomic E-state index is 12.4. The van der Waals surface area contributed by atoms with Gasteiger partial charge in [-0.05, 0) is 36.6 Å². The van der Waals surface area contributed by atoms with Crippen LogP contribution in [0.2, 0.25) is 0 Å². The Kier molecular flexibility index (Phi) is 3.93. The number of amides is 1. The fraction of sp³-hybridized carbons (Fsp3) is 0.857. The van der Waals surface area contributed by atoms with Crippen molar-refractivity contribution in [3.8, 4) is 0 Å². The molecule has 3 rings (SSSR count). The first-order valence-electron chi connectivity index (χ1n) is 7.75. The van der Waals surface area contributed by atoms with E-state index in [4.69, 9.17) is 4.74 Å². The topological polar surface area (TPSA) is 73.1 Å². The molecule has 116 valence electrons. The van der Waals surface area contributed by atoms with Gasteiger partial charge < -0.3 is 9.64 Å². The molecule has 0 saturated heterocycles. The highest BCUT2D eigenvalue weighted by atomic mass is 16.5. The van der Waals surface area contributed by atoms with Crippen LogP contribution < -0.4 is 0 Å². The third kappa shape index (κ3) is 2.43. The lowest BCUT2D eigenvalue weighted by atomic mass is 9.60. The summed E-state index contributed by atoms with van der Waals surface area (Å²) in [7, 11) is 1.90. The summed E-state index contributed by atoms with van der Waals surface area (Å²) >= 11 is 0. The molecule has 2 aliphatic carbocycles. The molecule has 0 bridgehead atoms. The fourth-order valence-electron chi connectivity index (χ4n) is 4.07. The standard InChI is InChI=1S/C14H23N5O2/c1-3-21-12-8-11(14(12)6-4-5-7-14)18(2)13(20)9-19-10-15-16-17-19/h10-12H,3-9H2,1-2H3/t11-,12-/m0/s1. The minimum absolute atomic E-state index is 0.0634. The van der Waals surface area contributed by atoms with Gasteiger partial charge in [0.05, 0.1) is 6.10 Å². The summed E-state index contributed by atoms with van der Waals surface area (Å²) in [6.07, 6.45) is 7.57. The van der Waals surface area contributed by atoms with Crippen LogP contribution in [0.25, 0.3) is 0 Å². The summed E-state index contributed by atoms with van der Waals surface area (Å²) in [6, 6.07) is 0.292. The van der Waals surface area contributed by atoms with E-state index in [2.05, 4.69) is 15.5 Å². The minimum Gasteiger partial charge on any atom is -0.378 e. The van der Waals surface area contributed by atoms with Crippen molar-refractivity contribution in [2.45, 2.75) is 57.7 Å². The van der Waals surface area contributed by atoms with Gasteiger partial charge in [-0.3, -0.25) is 4.79 Å². The van der Waals surface area contributed by atoms with Crippen LogP contribution >= 0.6 is 0 Å². The molecule has 0 radical (unpaired) electrons. The van der Waals surface area contributed by atoms with Crippen LogP contribution in [-0.2, 0) is 16.1 Å². The lowest BCUT2D eigenvalue weighted by molar-refractivity contribution is -0.172. The number of hydrogen-bond donors (Lipinski definition) is 0. The summed E-state index contributed by atoms with van der Waals surface area (Å²) in [5.74, 6) is 0.0634. The van der Waals surface area contributed by atoms with E-state index in [1.54, 1.807) is 0 Å². The number of carbonyl (C=O) groups excluding carboxylic acids is 1. The zero-order chi connectivity index (χ0) is 14.9. The van der Waals surface area contributed by atoms with Crippen LogP contribution in [0.4, 0.5) is 0 Å². The molecule has 2 aliphatic rings. The zero-order valence-electron chi connectivity index (χ0n) is 12.7. The summed E-state index contributed by atoms with van der Waals surface area (Å²) in [6.45, 7) is 3.00. The molecule has 1 aromatic heterocycles. The number of rotatable bonds is 5. The predicted molar refractivity (Wildman–Crippen MR) is 75.3 cm³/mol. The van der Waals surface area contributed by atoms with Gasteiger partial charge in [-0.1, -0.05) is 12.8 Å². The largest absolute Gasteiger partial charge is 0.378 e. The second kappa shape index (κ2) is 5.71. The van der Waals surface area contributed by atoms with Gasteiger partial charge in [0, 0.05) is 25.1 Å². The Morgan fingerprint density at radius 2 is 2.24 bits per heavy atom. The Balaban J connectivity index is 1.67. The number of hydrogen-bond acceptors (Lipinski definition) is 5. The normalized spacial score (nSPS) is 26.8. The van der Waals surface area contributed by atoms with E-state index in [0.29, 0.717) is 12.1 Å². The van der Waals surface area contributed by atoms with E-state index < -0.39 is 0 Å². The molecule has 2 atom stereocenters. The molecule has 1 spiro atoms. The Hall–Kier alpha value is -1.50. The van der Waals surface area contributed by atoms with Crippen LogP contribution in [0.5, 0.6) is 0 Å². The first kappa shape index (κ1) is 14.4. The molecule has 7 heteroatoms. The molecule has 1 amide bonds. The van der Waals surface area contributed by atoms with Crippen molar-refractivity contribution < 1.29 is 9.53 Å². The summed E-state index contributed by atoms with van der Waals surface area (Å²) in [4.78, 5) is 14.3. The Morgan fingerprint density at radius 3 is 2.86 bits per heavy atom. The van der Waals surface area contributed by atoms with Gasteiger partial charge in [0.15, 0.2) is 0 Å². The molecular weight excluding hydrogens is 270 g/mol. The van der Waals surface area contributed by atoms with Crippen molar-refractivity contribution in [3.05, 3.63) is 6.33 Å². The maximum atomic E-state index is 12.4. The lowest BCUT2D eigenvalue weighted by Gasteiger charge is -2.57. The van der Waals surface area contributed by atoms with Gasteiger partial charge in [-0.2, -0.15) is 0 Å². The molecule has 21 heavy (non-hydrogen) atoms. The molecule has 1 aromatic rings. The predicted octanol–water partition coefficient (Wildman–Crippen LogP) is 0.869. The number of nitrogens with zero attached hydrogens (tertiary/aromatic N) is 5.